The van der Waals surface area contributed by atoms with Gasteiger partial charge in [-0.3, -0.25) is 9.59 Å². The largest absolute Gasteiger partial charge is 0.481 e. The minimum atomic E-state index is -1.05. The second-order valence-corrected chi connectivity index (χ2v) is 10.7. The Morgan fingerprint density at radius 1 is 1.05 bits per heavy atom. The molecule has 0 radical (unpaired) electrons. The molecule has 0 bridgehead atoms. The van der Waals surface area contributed by atoms with Crippen LogP contribution in [-0.2, 0) is 16.1 Å². The molecule has 40 heavy (non-hydrogen) atoms. The number of nitrogens with zero attached hydrogens (tertiary/aromatic N) is 2. The number of urea groups is 1. The summed E-state index contributed by atoms with van der Waals surface area (Å²) in [5, 5.41) is 15.9. The number of ether oxygens (including phenoxy) is 2. The van der Waals surface area contributed by atoms with Gasteiger partial charge in [0.25, 0.3) is 0 Å². The molecule has 2 aromatic rings. The molecule has 4 rings (SSSR count). The Bertz CT molecular complexity index is 1180. The van der Waals surface area contributed by atoms with Crippen LogP contribution in [0.5, 0.6) is 11.5 Å². The van der Waals surface area contributed by atoms with Gasteiger partial charge in [0, 0.05) is 32.9 Å². The average molecular weight is 553 g/mol. The molecule has 0 saturated heterocycles. The predicted octanol–water partition coefficient (Wildman–Crippen LogP) is 4.61. The van der Waals surface area contributed by atoms with Crippen LogP contribution < -0.4 is 20.1 Å². The van der Waals surface area contributed by atoms with E-state index in [0.717, 1.165) is 36.6 Å². The highest BCUT2D eigenvalue weighted by Crippen LogP contribution is 2.36. The molecule has 0 unspecified atom stereocenters. The first-order chi connectivity index (χ1) is 19.2. The first-order valence-corrected chi connectivity index (χ1v) is 14.0. The maximum Gasteiger partial charge on any atom is 0.318 e. The molecule has 2 aliphatic rings. The highest BCUT2D eigenvalue weighted by atomic mass is 16.7. The number of benzene rings is 2. The zero-order chi connectivity index (χ0) is 28.6. The third-order valence-corrected chi connectivity index (χ3v) is 7.42. The lowest BCUT2D eigenvalue weighted by atomic mass is 10.0. The van der Waals surface area contributed by atoms with Crippen molar-refractivity contribution in [3.8, 4) is 11.5 Å². The Labute approximate surface area is 235 Å². The number of rotatable bonds is 14. The minimum Gasteiger partial charge on any atom is -0.481 e. The summed E-state index contributed by atoms with van der Waals surface area (Å²) >= 11 is 0. The third kappa shape index (κ3) is 7.80. The molecule has 3 amide bonds. The van der Waals surface area contributed by atoms with E-state index in [1.807, 2.05) is 31.2 Å². The fourth-order valence-corrected chi connectivity index (χ4v) is 4.75. The molecule has 3 N–H and O–H groups in total. The van der Waals surface area contributed by atoms with Gasteiger partial charge in [-0.2, -0.15) is 0 Å². The monoisotopic (exact) mass is 552 g/mol. The topological polar surface area (TPSA) is 120 Å². The van der Waals surface area contributed by atoms with Crippen LogP contribution in [0.3, 0.4) is 0 Å². The second-order valence-electron chi connectivity index (χ2n) is 10.7. The summed E-state index contributed by atoms with van der Waals surface area (Å²) in [5.41, 5.74) is 2.67. The zero-order valence-electron chi connectivity index (χ0n) is 23.5. The molecular weight excluding hydrogens is 512 g/mol. The molecule has 1 aliphatic heterocycles. The van der Waals surface area contributed by atoms with Crippen LogP contribution in [0.15, 0.2) is 42.5 Å². The van der Waals surface area contributed by atoms with E-state index in [1.165, 1.54) is 24.8 Å². The van der Waals surface area contributed by atoms with Crippen molar-refractivity contribution >= 4 is 23.6 Å². The highest BCUT2D eigenvalue weighted by molar-refractivity contribution is 5.87. The number of nitrogens with one attached hydrogen (secondary N) is 2. The second kappa shape index (κ2) is 13.4. The van der Waals surface area contributed by atoms with Crippen LogP contribution in [0.1, 0.15) is 62.6 Å². The van der Waals surface area contributed by atoms with Crippen molar-refractivity contribution in [3.63, 3.8) is 0 Å². The van der Waals surface area contributed by atoms with Gasteiger partial charge in [-0.05, 0) is 60.6 Å². The molecule has 10 heteroatoms. The lowest BCUT2D eigenvalue weighted by molar-refractivity contribution is -0.138. The number of carbonyl (C=O) groups excluding carboxylic acids is 2. The minimum absolute atomic E-state index is 0.0922. The van der Waals surface area contributed by atoms with Crippen molar-refractivity contribution < 1.29 is 29.0 Å². The number of amides is 3. The maximum absolute atomic E-state index is 13.5. The van der Waals surface area contributed by atoms with Crippen LogP contribution in [-0.4, -0.2) is 66.3 Å². The van der Waals surface area contributed by atoms with Crippen molar-refractivity contribution in [3.05, 3.63) is 53.6 Å². The molecule has 0 spiro atoms. The molecule has 2 atom stereocenters. The number of unbranched alkanes of at least 4 members (excludes halogenated alkanes) is 1. The van der Waals surface area contributed by atoms with Gasteiger partial charge < -0.3 is 35.0 Å². The van der Waals surface area contributed by atoms with E-state index in [1.54, 1.807) is 30.1 Å². The van der Waals surface area contributed by atoms with Gasteiger partial charge in [0.2, 0.25) is 12.7 Å². The summed E-state index contributed by atoms with van der Waals surface area (Å²) in [6.07, 6.45) is 4.40. The molecule has 216 valence electrons. The Hall–Kier alpha value is -3.95. The van der Waals surface area contributed by atoms with Crippen LogP contribution in [0.2, 0.25) is 0 Å². The molecule has 0 aromatic heterocycles. The smallest absolute Gasteiger partial charge is 0.318 e. The number of carboxylic acids is 1. The van der Waals surface area contributed by atoms with E-state index < -0.39 is 24.1 Å². The number of carbonyl (C=O) groups is 3. The van der Waals surface area contributed by atoms with Crippen LogP contribution in [0.25, 0.3) is 0 Å². The normalized spacial score (nSPS) is 15.2. The summed E-state index contributed by atoms with van der Waals surface area (Å²) in [4.78, 5) is 41.5. The van der Waals surface area contributed by atoms with Crippen LogP contribution >= 0.6 is 0 Å². The Morgan fingerprint density at radius 3 is 2.45 bits per heavy atom. The van der Waals surface area contributed by atoms with Crippen molar-refractivity contribution in [2.75, 3.05) is 32.7 Å². The average Bonchev–Trinajstić information content (AvgIpc) is 3.66. The molecular formula is C30H40N4O6. The summed E-state index contributed by atoms with van der Waals surface area (Å²) in [6, 6.07) is 11.2. The fourth-order valence-electron chi connectivity index (χ4n) is 4.75. The van der Waals surface area contributed by atoms with Crippen molar-refractivity contribution in [1.82, 2.24) is 15.1 Å². The summed E-state index contributed by atoms with van der Waals surface area (Å²) in [5.74, 6) is 0.626. The van der Waals surface area contributed by atoms with Crippen LogP contribution in [0, 0.1) is 5.92 Å². The number of hydrogen-bond acceptors (Lipinski definition) is 6. The maximum atomic E-state index is 13.5. The zero-order valence-corrected chi connectivity index (χ0v) is 23.5. The number of aliphatic carboxylic acids is 1. The van der Waals surface area contributed by atoms with Gasteiger partial charge >= 0.3 is 12.0 Å². The van der Waals surface area contributed by atoms with Gasteiger partial charge in [0.05, 0.1) is 12.5 Å². The molecule has 1 heterocycles. The van der Waals surface area contributed by atoms with E-state index in [4.69, 9.17) is 9.47 Å². The van der Waals surface area contributed by atoms with Gasteiger partial charge in [-0.1, -0.05) is 38.0 Å². The lowest BCUT2D eigenvalue weighted by Gasteiger charge is -2.31. The van der Waals surface area contributed by atoms with Gasteiger partial charge in [-0.15, -0.1) is 0 Å². The number of hydrogen-bond donors (Lipinski definition) is 3. The Balaban J connectivity index is 1.40. The van der Waals surface area contributed by atoms with E-state index in [0.29, 0.717) is 30.0 Å². The summed E-state index contributed by atoms with van der Waals surface area (Å²) < 4.78 is 10.8. The van der Waals surface area contributed by atoms with Crippen molar-refractivity contribution in [2.24, 2.45) is 5.92 Å². The molecule has 1 fully saturated rings. The molecule has 10 nitrogen and oxygen atoms in total. The fraction of sp³-hybridized carbons (Fsp3) is 0.500. The van der Waals surface area contributed by atoms with Crippen molar-refractivity contribution in [1.29, 1.82) is 0 Å². The Morgan fingerprint density at radius 2 is 1.77 bits per heavy atom. The standard InChI is InChI=1S/C30H40N4O6/c1-4-5-6-24(29(37)33(2)18-21-9-12-23(13-10-21)31-17-20-7-8-20)32-30(38)34(3)25(16-28(35)36)22-11-14-26-27(15-22)40-19-39-26/h9-15,20,24-25,31H,4-8,16-19H2,1-3H3,(H,32,38)(H,35,36)/t24-,25-/m0/s1. The molecule has 2 aromatic carbocycles. The third-order valence-electron chi connectivity index (χ3n) is 7.42. The predicted molar refractivity (Wildman–Crippen MR) is 151 cm³/mol. The molecule has 1 saturated carbocycles. The van der Waals surface area contributed by atoms with E-state index in [9.17, 15) is 19.5 Å². The SMILES string of the molecule is CCCC[C@H](NC(=O)N(C)[C@@H](CC(=O)O)c1ccc2c(c1)OCO2)C(=O)N(C)Cc1ccc(NCC2CC2)cc1. The van der Waals surface area contributed by atoms with Gasteiger partial charge in [0.1, 0.15) is 6.04 Å². The summed E-state index contributed by atoms with van der Waals surface area (Å²) in [7, 11) is 3.27. The first-order valence-electron chi connectivity index (χ1n) is 14.0. The quantitative estimate of drug-likeness (QED) is 0.313. The van der Waals surface area contributed by atoms with Crippen molar-refractivity contribution in [2.45, 2.75) is 64.1 Å². The van der Waals surface area contributed by atoms with E-state index in [-0.39, 0.29) is 19.1 Å². The van der Waals surface area contributed by atoms with Crippen LogP contribution in [0.4, 0.5) is 10.5 Å². The number of carboxylic acid groups (broad SMARTS) is 1. The number of anilines is 1. The van der Waals surface area contributed by atoms with E-state index in [2.05, 4.69) is 10.6 Å². The summed E-state index contributed by atoms with van der Waals surface area (Å²) in [6.45, 7) is 3.53. The van der Waals surface area contributed by atoms with E-state index >= 15 is 0 Å². The Kier molecular flexibility index (Phi) is 9.74. The first kappa shape index (κ1) is 29.0. The van der Waals surface area contributed by atoms with Gasteiger partial charge in [0.15, 0.2) is 11.5 Å². The molecule has 1 aliphatic carbocycles. The van der Waals surface area contributed by atoms with Gasteiger partial charge in [-0.25, -0.2) is 4.79 Å². The number of fused-ring (bicyclic) bond motifs is 1. The lowest BCUT2D eigenvalue weighted by Crippen LogP contribution is -2.51. The highest BCUT2D eigenvalue weighted by Gasteiger charge is 2.30. The number of likely N-dealkylation sites (N-methyl/N-ethyl adjacent to an activating group) is 1.